The standard InChI is InChI=1S/C44H35N/c1-4-12-39-30(2)13-9-19-41(39)37-26-36(27-38(28-37)42-20-11-15-32-14-5-6-18-40(32)42)34-17-10-16-33(25-34)35-23-22-31(3)43(29-35)44-21-7-8-24-45-44/h4-23,25-29,45H,1-2,24H2,3H3/b39-12+. The van der Waals surface area contributed by atoms with Gasteiger partial charge >= 0.3 is 0 Å². The van der Waals surface area contributed by atoms with E-state index in [0.29, 0.717) is 0 Å². The highest BCUT2D eigenvalue weighted by molar-refractivity contribution is 5.98. The van der Waals surface area contributed by atoms with Crippen molar-refractivity contribution in [3.8, 4) is 44.5 Å². The van der Waals surface area contributed by atoms with E-state index >= 15 is 0 Å². The minimum absolute atomic E-state index is 0.851. The molecule has 0 amide bonds. The summed E-state index contributed by atoms with van der Waals surface area (Å²) in [5.74, 6) is 0. The Bertz CT molecular complexity index is 2260. The molecular formula is C44H35N. The molecule has 0 radical (unpaired) electrons. The Hall–Kier alpha value is -5.66. The number of hydrogen-bond acceptors (Lipinski definition) is 1. The zero-order chi connectivity index (χ0) is 30.8. The third-order valence-electron chi connectivity index (χ3n) is 8.69. The molecule has 6 aromatic carbocycles. The lowest BCUT2D eigenvalue weighted by atomic mass is 9.89. The summed E-state index contributed by atoms with van der Waals surface area (Å²) in [4.78, 5) is 0. The minimum atomic E-state index is 0.851. The summed E-state index contributed by atoms with van der Waals surface area (Å²) < 4.78 is 0. The van der Waals surface area contributed by atoms with Crippen LogP contribution in [-0.4, -0.2) is 6.54 Å². The van der Waals surface area contributed by atoms with Gasteiger partial charge in [0.15, 0.2) is 0 Å². The summed E-state index contributed by atoms with van der Waals surface area (Å²) in [6.45, 7) is 11.3. The van der Waals surface area contributed by atoms with Crippen molar-refractivity contribution in [2.75, 3.05) is 6.54 Å². The van der Waals surface area contributed by atoms with Gasteiger partial charge in [-0.05, 0) is 115 Å². The van der Waals surface area contributed by atoms with Crippen LogP contribution in [0.4, 0.5) is 0 Å². The molecular weight excluding hydrogens is 542 g/mol. The third-order valence-corrected chi connectivity index (χ3v) is 8.69. The van der Waals surface area contributed by atoms with Crippen LogP contribution in [-0.2, 0) is 0 Å². The molecule has 0 fully saturated rings. The topological polar surface area (TPSA) is 12.0 Å². The van der Waals surface area contributed by atoms with Gasteiger partial charge in [0.05, 0.1) is 0 Å². The van der Waals surface area contributed by atoms with E-state index in [1.165, 1.54) is 61.0 Å². The Morgan fingerprint density at radius 3 is 2.11 bits per heavy atom. The number of hydrogen-bond donors (Lipinski definition) is 1. The predicted molar refractivity (Wildman–Crippen MR) is 195 cm³/mol. The van der Waals surface area contributed by atoms with E-state index in [0.717, 1.165) is 28.1 Å². The fourth-order valence-electron chi connectivity index (χ4n) is 6.38. The fraction of sp³-hybridized carbons (Fsp3) is 0.0455. The molecule has 0 bridgehead atoms. The van der Waals surface area contributed by atoms with Crippen molar-refractivity contribution in [3.05, 3.63) is 174 Å². The molecule has 7 rings (SSSR count). The van der Waals surface area contributed by atoms with E-state index < -0.39 is 0 Å². The van der Waals surface area contributed by atoms with Gasteiger partial charge in [0.2, 0.25) is 0 Å². The number of dihydropyridines is 1. The molecule has 6 aromatic rings. The fourth-order valence-corrected chi connectivity index (χ4v) is 6.38. The van der Waals surface area contributed by atoms with Gasteiger partial charge in [0.1, 0.15) is 0 Å². The molecule has 0 atom stereocenters. The van der Waals surface area contributed by atoms with Crippen LogP contribution in [0.5, 0.6) is 0 Å². The molecule has 0 aliphatic carbocycles. The second kappa shape index (κ2) is 12.1. The summed E-state index contributed by atoms with van der Waals surface area (Å²) in [5.41, 5.74) is 13.1. The molecule has 1 heteroatoms. The number of allylic oxidation sites excluding steroid dienone is 3. The molecule has 0 saturated carbocycles. The van der Waals surface area contributed by atoms with Crippen LogP contribution in [0.3, 0.4) is 0 Å². The zero-order valence-electron chi connectivity index (χ0n) is 25.6. The van der Waals surface area contributed by atoms with Crippen LogP contribution >= 0.6 is 0 Å². The summed E-state index contributed by atoms with van der Waals surface area (Å²) in [6, 6.07) is 44.1. The normalized spacial score (nSPS) is 13.0. The summed E-state index contributed by atoms with van der Waals surface area (Å²) in [7, 11) is 0. The van der Waals surface area contributed by atoms with E-state index in [1.807, 2.05) is 6.08 Å². The van der Waals surface area contributed by atoms with E-state index in [2.05, 4.69) is 171 Å². The molecule has 216 valence electrons. The number of aryl methyl sites for hydroxylation is 1. The largest absolute Gasteiger partial charge is 0.381 e. The molecule has 0 saturated heterocycles. The first kappa shape index (κ1) is 28.1. The van der Waals surface area contributed by atoms with Crippen LogP contribution in [0.1, 0.15) is 11.1 Å². The highest BCUT2D eigenvalue weighted by Gasteiger charge is 2.13. The van der Waals surface area contributed by atoms with Gasteiger partial charge in [-0.2, -0.15) is 0 Å². The van der Waals surface area contributed by atoms with Crippen LogP contribution in [0.25, 0.3) is 73.6 Å². The van der Waals surface area contributed by atoms with E-state index in [1.54, 1.807) is 0 Å². The number of benzene rings is 6. The zero-order valence-corrected chi connectivity index (χ0v) is 25.6. The molecule has 0 unspecified atom stereocenters. The highest BCUT2D eigenvalue weighted by atomic mass is 14.9. The van der Waals surface area contributed by atoms with Gasteiger partial charge in [0, 0.05) is 17.8 Å². The maximum Gasteiger partial charge on any atom is 0.0419 e. The predicted octanol–water partition coefficient (Wildman–Crippen LogP) is 9.69. The Morgan fingerprint density at radius 1 is 0.622 bits per heavy atom. The van der Waals surface area contributed by atoms with Crippen LogP contribution in [0.15, 0.2) is 152 Å². The number of nitrogens with one attached hydrogen (secondary N) is 1. The van der Waals surface area contributed by atoms with Crippen LogP contribution in [0.2, 0.25) is 0 Å². The molecule has 45 heavy (non-hydrogen) atoms. The monoisotopic (exact) mass is 577 g/mol. The van der Waals surface area contributed by atoms with Crippen molar-refractivity contribution in [1.29, 1.82) is 0 Å². The first-order valence-corrected chi connectivity index (χ1v) is 15.5. The maximum absolute atomic E-state index is 4.33. The second-order valence-electron chi connectivity index (χ2n) is 11.6. The minimum Gasteiger partial charge on any atom is -0.381 e. The molecule has 1 heterocycles. The lowest BCUT2D eigenvalue weighted by Crippen LogP contribution is -2.24. The first-order valence-electron chi connectivity index (χ1n) is 15.5. The quantitative estimate of drug-likeness (QED) is 0.208. The SMILES string of the molecule is C=C/C=c1/c(-c2cc(-c3cccc(-c4ccc(C)c(C5=CC=CCN5)c4)c3)cc(-c3cccc4ccccc34)c2)cccc1=C. The lowest BCUT2D eigenvalue weighted by molar-refractivity contribution is 0.993. The van der Waals surface area contributed by atoms with Gasteiger partial charge in [-0.3, -0.25) is 0 Å². The lowest BCUT2D eigenvalue weighted by Gasteiger charge is -2.17. The first-order chi connectivity index (χ1) is 22.1. The maximum atomic E-state index is 4.33. The molecule has 1 N–H and O–H groups in total. The summed E-state index contributed by atoms with van der Waals surface area (Å²) in [5, 5.41) is 8.08. The van der Waals surface area contributed by atoms with Gasteiger partial charge < -0.3 is 5.32 Å². The average Bonchev–Trinajstić information content (AvgIpc) is 3.09. The van der Waals surface area contributed by atoms with Gasteiger partial charge in [-0.25, -0.2) is 0 Å². The van der Waals surface area contributed by atoms with E-state index in [9.17, 15) is 0 Å². The molecule has 0 aromatic heterocycles. The van der Waals surface area contributed by atoms with Crippen molar-refractivity contribution < 1.29 is 0 Å². The van der Waals surface area contributed by atoms with Crippen LogP contribution < -0.4 is 15.8 Å². The van der Waals surface area contributed by atoms with E-state index in [-0.39, 0.29) is 0 Å². The second-order valence-corrected chi connectivity index (χ2v) is 11.6. The molecule has 0 spiro atoms. The number of rotatable bonds is 6. The van der Waals surface area contributed by atoms with Crippen molar-refractivity contribution in [1.82, 2.24) is 5.32 Å². The molecule has 1 aliphatic heterocycles. The Morgan fingerprint density at radius 2 is 1.29 bits per heavy atom. The van der Waals surface area contributed by atoms with Crippen LogP contribution in [0, 0.1) is 6.92 Å². The van der Waals surface area contributed by atoms with Crippen molar-refractivity contribution >= 4 is 29.1 Å². The van der Waals surface area contributed by atoms with Crippen molar-refractivity contribution in [2.45, 2.75) is 6.92 Å². The Balaban J connectivity index is 1.42. The Kier molecular flexibility index (Phi) is 7.59. The van der Waals surface area contributed by atoms with Gasteiger partial charge in [-0.1, -0.05) is 128 Å². The molecule has 1 nitrogen and oxygen atoms in total. The third kappa shape index (κ3) is 5.57. The van der Waals surface area contributed by atoms with E-state index in [4.69, 9.17) is 0 Å². The molecule has 1 aliphatic rings. The van der Waals surface area contributed by atoms with Crippen molar-refractivity contribution in [3.63, 3.8) is 0 Å². The average molecular weight is 578 g/mol. The summed E-state index contributed by atoms with van der Waals surface area (Å²) >= 11 is 0. The summed E-state index contributed by atoms with van der Waals surface area (Å²) in [6.07, 6.45) is 10.3. The van der Waals surface area contributed by atoms with Crippen molar-refractivity contribution in [2.24, 2.45) is 0 Å². The van der Waals surface area contributed by atoms with Gasteiger partial charge in [0.25, 0.3) is 0 Å². The Labute approximate surface area is 265 Å². The van der Waals surface area contributed by atoms with Gasteiger partial charge in [-0.15, -0.1) is 0 Å². The smallest absolute Gasteiger partial charge is 0.0419 e. The number of fused-ring (bicyclic) bond motifs is 1. The highest BCUT2D eigenvalue weighted by Crippen LogP contribution is 2.36.